The molecule has 5 nitrogen and oxygen atoms in total. The lowest BCUT2D eigenvalue weighted by Crippen LogP contribution is -2.36. The van der Waals surface area contributed by atoms with Gasteiger partial charge in [-0.3, -0.25) is 4.79 Å². The van der Waals surface area contributed by atoms with E-state index in [1.165, 1.54) is 38.5 Å². The lowest BCUT2D eigenvalue weighted by molar-refractivity contribution is -0.121. The average Bonchev–Trinajstić information content (AvgIpc) is 2.69. The highest BCUT2D eigenvalue weighted by atomic mass is 32.2. The van der Waals surface area contributed by atoms with Gasteiger partial charge in [0.05, 0.1) is 4.90 Å². The molecule has 0 aliphatic heterocycles. The summed E-state index contributed by atoms with van der Waals surface area (Å²) in [6.45, 7) is 0. The van der Waals surface area contributed by atoms with Gasteiger partial charge in [0.1, 0.15) is 0 Å². The number of benzene rings is 1. The molecule has 29 heavy (non-hydrogen) atoms. The third kappa shape index (κ3) is 7.41. The van der Waals surface area contributed by atoms with Crippen LogP contribution in [0.1, 0.15) is 89.0 Å². The van der Waals surface area contributed by atoms with E-state index < -0.39 is 10.0 Å². The van der Waals surface area contributed by atoms with Gasteiger partial charge in [-0.15, -0.1) is 0 Å². The SMILES string of the molecule is O=C(CCc1ccc(S(=O)(=O)NC2CCCCC2)cc1)NC1CCCCCCC1. The lowest BCUT2D eigenvalue weighted by Gasteiger charge is -2.22. The van der Waals surface area contributed by atoms with Crippen molar-refractivity contribution >= 4 is 15.9 Å². The zero-order valence-electron chi connectivity index (χ0n) is 17.5. The number of carbonyl (C=O) groups excluding carboxylic acids is 1. The Kier molecular flexibility index (Phi) is 8.54. The summed E-state index contributed by atoms with van der Waals surface area (Å²) in [6, 6.07) is 7.36. The average molecular weight is 421 g/mol. The van der Waals surface area contributed by atoms with Gasteiger partial charge in [0.2, 0.25) is 15.9 Å². The van der Waals surface area contributed by atoms with Crippen LogP contribution in [-0.2, 0) is 21.2 Å². The van der Waals surface area contributed by atoms with Gasteiger partial charge in [-0.05, 0) is 49.8 Å². The summed E-state index contributed by atoms with van der Waals surface area (Å²) in [7, 11) is -3.46. The largest absolute Gasteiger partial charge is 0.353 e. The smallest absolute Gasteiger partial charge is 0.240 e. The van der Waals surface area contributed by atoms with Gasteiger partial charge < -0.3 is 5.32 Å². The first-order valence-electron chi connectivity index (χ1n) is 11.4. The normalized spacial score (nSPS) is 20.0. The number of sulfonamides is 1. The van der Waals surface area contributed by atoms with Gasteiger partial charge in [-0.2, -0.15) is 0 Å². The summed E-state index contributed by atoms with van der Waals surface area (Å²) in [6.07, 6.45) is 14.8. The highest BCUT2D eigenvalue weighted by Gasteiger charge is 2.21. The number of nitrogens with one attached hydrogen (secondary N) is 2. The molecule has 0 atom stereocenters. The molecule has 2 N–H and O–H groups in total. The zero-order valence-corrected chi connectivity index (χ0v) is 18.3. The molecule has 3 rings (SSSR count). The van der Waals surface area contributed by atoms with Gasteiger partial charge in [0.15, 0.2) is 0 Å². The molecule has 0 radical (unpaired) electrons. The van der Waals surface area contributed by atoms with Crippen LogP contribution in [0.25, 0.3) is 0 Å². The van der Waals surface area contributed by atoms with Crippen LogP contribution in [0.4, 0.5) is 0 Å². The molecule has 1 aromatic carbocycles. The van der Waals surface area contributed by atoms with E-state index in [1.54, 1.807) is 12.1 Å². The van der Waals surface area contributed by atoms with E-state index in [0.717, 1.165) is 44.1 Å². The van der Waals surface area contributed by atoms with Gasteiger partial charge in [0.25, 0.3) is 0 Å². The molecular formula is C23H36N2O3S. The molecule has 2 aliphatic rings. The quantitative estimate of drug-likeness (QED) is 0.684. The van der Waals surface area contributed by atoms with Crippen LogP contribution in [0.15, 0.2) is 29.2 Å². The van der Waals surface area contributed by atoms with Crippen molar-refractivity contribution in [2.45, 2.75) is 107 Å². The Morgan fingerprint density at radius 1 is 0.793 bits per heavy atom. The minimum Gasteiger partial charge on any atom is -0.353 e. The zero-order chi connectivity index (χ0) is 20.5. The predicted molar refractivity (Wildman–Crippen MR) is 116 cm³/mol. The summed E-state index contributed by atoms with van der Waals surface area (Å²) in [5.41, 5.74) is 0.995. The van der Waals surface area contributed by atoms with Crippen molar-refractivity contribution in [2.24, 2.45) is 0 Å². The van der Waals surface area contributed by atoms with E-state index in [0.29, 0.717) is 23.8 Å². The van der Waals surface area contributed by atoms with Gasteiger partial charge in [0, 0.05) is 18.5 Å². The Labute approximate surface area is 176 Å². The van der Waals surface area contributed by atoms with Crippen LogP contribution < -0.4 is 10.0 Å². The predicted octanol–water partition coefficient (Wildman–Crippen LogP) is 4.46. The highest BCUT2D eigenvalue weighted by Crippen LogP contribution is 2.21. The minimum atomic E-state index is -3.46. The fourth-order valence-electron chi connectivity index (χ4n) is 4.50. The van der Waals surface area contributed by atoms with Crippen LogP contribution in [0, 0.1) is 0 Å². The number of amides is 1. The first kappa shape index (κ1) is 22.3. The van der Waals surface area contributed by atoms with E-state index in [-0.39, 0.29) is 11.9 Å². The first-order valence-corrected chi connectivity index (χ1v) is 12.9. The molecule has 0 saturated heterocycles. The topological polar surface area (TPSA) is 75.3 Å². The molecule has 0 heterocycles. The summed E-state index contributed by atoms with van der Waals surface area (Å²) in [5.74, 6) is 0.103. The van der Waals surface area contributed by atoms with E-state index in [9.17, 15) is 13.2 Å². The van der Waals surface area contributed by atoms with E-state index in [4.69, 9.17) is 0 Å². The van der Waals surface area contributed by atoms with E-state index in [1.807, 2.05) is 12.1 Å². The Hall–Kier alpha value is -1.40. The molecule has 0 aromatic heterocycles. The lowest BCUT2D eigenvalue weighted by atomic mass is 9.96. The van der Waals surface area contributed by atoms with Gasteiger partial charge in [-0.25, -0.2) is 13.1 Å². The maximum Gasteiger partial charge on any atom is 0.240 e. The van der Waals surface area contributed by atoms with Crippen LogP contribution in [0.3, 0.4) is 0 Å². The Balaban J connectivity index is 1.46. The Bertz CT molecular complexity index is 732. The van der Waals surface area contributed by atoms with Crippen molar-refractivity contribution in [3.8, 4) is 0 Å². The molecule has 162 valence electrons. The number of carbonyl (C=O) groups is 1. The standard InChI is InChI=1S/C23H36N2O3S/c26-23(24-20-9-5-2-1-3-6-10-20)18-15-19-13-16-22(17-14-19)29(27,28)25-21-11-7-4-8-12-21/h13-14,16-17,20-21,25H,1-12,15,18H2,(H,24,26). The molecule has 0 spiro atoms. The third-order valence-corrected chi connectivity index (χ3v) is 7.81. The van der Waals surface area contributed by atoms with Crippen LogP contribution in [-0.4, -0.2) is 26.4 Å². The summed E-state index contributed by atoms with van der Waals surface area (Å²) < 4.78 is 28.0. The fraction of sp³-hybridized carbons (Fsp3) is 0.696. The van der Waals surface area contributed by atoms with Crippen molar-refractivity contribution in [1.82, 2.24) is 10.0 Å². The molecule has 1 amide bonds. The minimum absolute atomic E-state index is 0.0606. The second-order valence-electron chi connectivity index (χ2n) is 8.71. The number of aryl methyl sites for hydroxylation is 1. The van der Waals surface area contributed by atoms with E-state index in [2.05, 4.69) is 10.0 Å². The number of rotatable bonds is 7. The Morgan fingerprint density at radius 3 is 1.93 bits per heavy atom. The molecule has 2 aliphatic carbocycles. The van der Waals surface area contributed by atoms with Crippen LogP contribution in [0.2, 0.25) is 0 Å². The maximum atomic E-state index is 12.6. The van der Waals surface area contributed by atoms with Gasteiger partial charge in [-0.1, -0.05) is 63.5 Å². The molecule has 0 unspecified atom stereocenters. The summed E-state index contributed by atoms with van der Waals surface area (Å²) >= 11 is 0. The number of hydrogen-bond donors (Lipinski definition) is 2. The van der Waals surface area contributed by atoms with Crippen molar-refractivity contribution in [3.63, 3.8) is 0 Å². The molecule has 6 heteroatoms. The second kappa shape index (κ2) is 11.1. The molecule has 2 saturated carbocycles. The fourth-order valence-corrected chi connectivity index (χ4v) is 5.81. The molecule has 0 bridgehead atoms. The Morgan fingerprint density at radius 2 is 1.31 bits per heavy atom. The highest BCUT2D eigenvalue weighted by molar-refractivity contribution is 7.89. The van der Waals surface area contributed by atoms with Crippen LogP contribution in [0.5, 0.6) is 0 Å². The summed E-state index contributed by atoms with van der Waals surface area (Å²) in [5, 5.41) is 3.19. The monoisotopic (exact) mass is 420 g/mol. The first-order chi connectivity index (χ1) is 14.0. The van der Waals surface area contributed by atoms with Crippen molar-refractivity contribution < 1.29 is 13.2 Å². The van der Waals surface area contributed by atoms with Crippen molar-refractivity contribution in [2.75, 3.05) is 0 Å². The van der Waals surface area contributed by atoms with Crippen molar-refractivity contribution in [1.29, 1.82) is 0 Å². The van der Waals surface area contributed by atoms with Gasteiger partial charge >= 0.3 is 0 Å². The number of hydrogen-bond acceptors (Lipinski definition) is 3. The molecule has 1 aromatic rings. The molecule has 2 fully saturated rings. The van der Waals surface area contributed by atoms with Crippen LogP contribution >= 0.6 is 0 Å². The maximum absolute atomic E-state index is 12.6. The van der Waals surface area contributed by atoms with Crippen molar-refractivity contribution in [3.05, 3.63) is 29.8 Å². The third-order valence-electron chi connectivity index (χ3n) is 6.27. The summed E-state index contributed by atoms with van der Waals surface area (Å²) in [4.78, 5) is 12.6. The second-order valence-corrected chi connectivity index (χ2v) is 10.4. The molecular weight excluding hydrogens is 384 g/mol. The van der Waals surface area contributed by atoms with E-state index >= 15 is 0 Å².